The third-order valence-electron chi connectivity index (χ3n) is 4.30. The number of benzene rings is 1. The molecular formula is C17H16ClN3O2S. The summed E-state index contributed by atoms with van der Waals surface area (Å²) in [4.78, 5) is 31.6. The molecule has 2 heterocycles. The fraction of sp³-hybridized carbons (Fsp3) is 0.353. The van der Waals surface area contributed by atoms with Crippen LogP contribution in [0.3, 0.4) is 0 Å². The van der Waals surface area contributed by atoms with Crippen molar-refractivity contribution in [1.29, 1.82) is 0 Å². The lowest BCUT2D eigenvalue weighted by Gasteiger charge is -2.22. The number of hydrogen-bond acceptors (Lipinski definition) is 4. The van der Waals surface area contributed by atoms with E-state index in [1.54, 1.807) is 21.2 Å². The number of nitrogens with zero attached hydrogens (tertiary/aromatic N) is 3. The Kier molecular flexibility index (Phi) is 4.10. The van der Waals surface area contributed by atoms with Crippen LogP contribution in [0.15, 0.2) is 40.4 Å². The number of carbonyl (C=O) groups excluding carboxylic acids is 1. The monoisotopic (exact) mass is 361 g/mol. The molecule has 124 valence electrons. The summed E-state index contributed by atoms with van der Waals surface area (Å²) in [6, 6.07) is 7.66. The highest BCUT2D eigenvalue weighted by Crippen LogP contribution is 2.30. The molecule has 1 saturated carbocycles. The van der Waals surface area contributed by atoms with Crippen molar-refractivity contribution < 1.29 is 4.79 Å². The van der Waals surface area contributed by atoms with Gasteiger partial charge in [0.15, 0.2) is 5.16 Å². The minimum Gasteiger partial charge on any atom is -0.331 e. The first-order valence-electron chi connectivity index (χ1n) is 7.91. The van der Waals surface area contributed by atoms with E-state index in [9.17, 15) is 9.59 Å². The highest BCUT2D eigenvalue weighted by Gasteiger charge is 2.34. The molecule has 0 saturated heterocycles. The van der Waals surface area contributed by atoms with Crippen LogP contribution in [0.25, 0.3) is 0 Å². The van der Waals surface area contributed by atoms with Crippen LogP contribution in [-0.2, 0) is 13.1 Å². The van der Waals surface area contributed by atoms with Crippen LogP contribution in [0.5, 0.6) is 0 Å². The van der Waals surface area contributed by atoms with Gasteiger partial charge in [-0.25, -0.2) is 4.98 Å². The van der Waals surface area contributed by atoms with Gasteiger partial charge in [0.2, 0.25) is 0 Å². The lowest BCUT2D eigenvalue weighted by atomic mass is 10.2. The number of thioether (sulfide) groups is 1. The highest BCUT2D eigenvalue weighted by molar-refractivity contribution is 7.99. The maximum Gasteiger partial charge on any atom is 0.267 e. The number of carbonyl (C=O) groups is 1. The zero-order chi connectivity index (χ0) is 16.7. The number of halogens is 1. The predicted molar refractivity (Wildman–Crippen MR) is 93.6 cm³/mol. The van der Waals surface area contributed by atoms with E-state index in [1.165, 1.54) is 6.20 Å². The minimum atomic E-state index is -0.225. The third kappa shape index (κ3) is 2.96. The maximum atomic E-state index is 13.0. The van der Waals surface area contributed by atoms with Crippen molar-refractivity contribution in [3.63, 3.8) is 0 Å². The SMILES string of the molecule is O=C(c1cnc2n(c1=O)CCS2)N(Cc1ccc(Cl)cc1)C1CC1. The van der Waals surface area contributed by atoms with Gasteiger partial charge in [0.1, 0.15) is 5.56 Å². The van der Waals surface area contributed by atoms with E-state index in [2.05, 4.69) is 4.98 Å². The second-order valence-electron chi connectivity index (χ2n) is 6.05. The summed E-state index contributed by atoms with van der Waals surface area (Å²) in [7, 11) is 0. The van der Waals surface area contributed by atoms with Crippen molar-refractivity contribution in [3.8, 4) is 0 Å². The van der Waals surface area contributed by atoms with Gasteiger partial charge in [-0.1, -0.05) is 35.5 Å². The summed E-state index contributed by atoms with van der Waals surface area (Å²) in [6.45, 7) is 1.10. The van der Waals surface area contributed by atoms with Gasteiger partial charge in [-0.2, -0.15) is 0 Å². The van der Waals surface area contributed by atoms with Gasteiger partial charge in [0.25, 0.3) is 11.5 Å². The van der Waals surface area contributed by atoms with E-state index in [0.717, 1.165) is 24.2 Å². The van der Waals surface area contributed by atoms with Crippen molar-refractivity contribution in [2.75, 3.05) is 5.75 Å². The van der Waals surface area contributed by atoms with Gasteiger partial charge in [0, 0.05) is 36.1 Å². The van der Waals surface area contributed by atoms with Crippen LogP contribution in [0.2, 0.25) is 5.02 Å². The molecule has 4 rings (SSSR count). The van der Waals surface area contributed by atoms with E-state index >= 15 is 0 Å². The zero-order valence-electron chi connectivity index (χ0n) is 12.9. The molecule has 0 N–H and O–H groups in total. The topological polar surface area (TPSA) is 55.2 Å². The van der Waals surface area contributed by atoms with Crippen LogP contribution in [-0.4, -0.2) is 32.2 Å². The minimum absolute atomic E-state index is 0.169. The number of aromatic nitrogens is 2. The molecule has 7 heteroatoms. The second kappa shape index (κ2) is 6.26. The molecule has 1 amide bonds. The smallest absolute Gasteiger partial charge is 0.267 e. The van der Waals surface area contributed by atoms with E-state index in [-0.39, 0.29) is 23.1 Å². The lowest BCUT2D eigenvalue weighted by molar-refractivity contribution is 0.0726. The Morgan fingerprint density at radius 3 is 2.79 bits per heavy atom. The Hall–Kier alpha value is -1.79. The van der Waals surface area contributed by atoms with E-state index in [1.807, 2.05) is 24.3 Å². The summed E-state index contributed by atoms with van der Waals surface area (Å²) in [5.41, 5.74) is 0.947. The molecule has 2 aliphatic rings. The molecule has 1 aliphatic heterocycles. The Morgan fingerprint density at radius 2 is 2.08 bits per heavy atom. The van der Waals surface area contributed by atoms with Crippen LogP contribution < -0.4 is 5.56 Å². The summed E-state index contributed by atoms with van der Waals surface area (Å²) in [6.07, 6.45) is 3.40. The van der Waals surface area contributed by atoms with E-state index < -0.39 is 0 Å². The molecule has 0 radical (unpaired) electrons. The van der Waals surface area contributed by atoms with Crippen LogP contribution in [0, 0.1) is 0 Å². The fourth-order valence-electron chi connectivity index (χ4n) is 2.86. The quantitative estimate of drug-likeness (QED) is 0.786. The standard InChI is InChI=1S/C17H16ClN3O2S/c18-12-3-1-11(2-4-12)10-21(13-5-6-13)16(23)14-9-19-17-20(15(14)22)7-8-24-17/h1-4,9,13H,5-8,10H2. The third-order valence-corrected chi connectivity index (χ3v) is 5.52. The van der Waals surface area contributed by atoms with Gasteiger partial charge in [-0.3, -0.25) is 14.2 Å². The van der Waals surface area contributed by atoms with Crippen LogP contribution in [0.1, 0.15) is 28.8 Å². The van der Waals surface area contributed by atoms with Gasteiger partial charge in [0.05, 0.1) is 0 Å². The Labute approximate surface area is 148 Å². The molecule has 0 bridgehead atoms. The first-order valence-corrected chi connectivity index (χ1v) is 9.28. The molecule has 1 aromatic carbocycles. The first-order chi connectivity index (χ1) is 11.6. The van der Waals surface area contributed by atoms with E-state index in [4.69, 9.17) is 11.6 Å². The average molecular weight is 362 g/mol. The van der Waals surface area contributed by atoms with Crippen molar-refractivity contribution in [2.24, 2.45) is 0 Å². The molecule has 0 unspecified atom stereocenters. The molecule has 2 aromatic rings. The number of fused-ring (bicyclic) bond motifs is 1. The average Bonchev–Trinajstić information content (AvgIpc) is 3.30. The zero-order valence-corrected chi connectivity index (χ0v) is 14.5. The molecule has 1 aliphatic carbocycles. The summed E-state index contributed by atoms with van der Waals surface area (Å²) >= 11 is 7.47. The summed E-state index contributed by atoms with van der Waals surface area (Å²) < 4.78 is 1.60. The molecule has 1 fully saturated rings. The lowest BCUT2D eigenvalue weighted by Crippen LogP contribution is -2.38. The van der Waals surface area contributed by atoms with Gasteiger partial charge < -0.3 is 4.90 Å². The fourth-order valence-corrected chi connectivity index (χ4v) is 3.90. The van der Waals surface area contributed by atoms with Gasteiger partial charge in [-0.05, 0) is 30.5 Å². The van der Waals surface area contributed by atoms with Crippen molar-refractivity contribution in [1.82, 2.24) is 14.5 Å². The molecule has 0 atom stereocenters. The van der Waals surface area contributed by atoms with E-state index in [0.29, 0.717) is 23.3 Å². The highest BCUT2D eigenvalue weighted by atomic mass is 35.5. The molecule has 24 heavy (non-hydrogen) atoms. The summed E-state index contributed by atoms with van der Waals surface area (Å²) in [5.74, 6) is 0.605. The Morgan fingerprint density at radius 1 is 1.33 bits per heavy atom. The molecule has 5 nitrogen and oxygen atoms in total. The normalized spacial score (nSPS) is 16.0. The Bertz CT molecular complexity index is 846. The molecule has 1 aromatic heterocycles. The van der Waals surface area contributed by atoms with Gasteiger partial charge >= 0.3 is 0 Å². The van der Waals surface area contributed by atoms with Crippen molar-refractivity contribution in [3.05, 3.63) is 57.0 Å². The van der Waals surface area contributed by atoms with Crippen LogP contribution in [0.4, 0.5) is 0 Å². The number of hydrogen-bond donors (Lipinski definition) is 0. The molecule has 0 spiro atoms. The summed E-state index contributed by atoms with van der Waals surface area (Å²) in [5, 5.41) is 1.37. The second-order valence-corrected chi connectivity index (χ2v) is 7.55. The van der Waals surface area contributed by atoms with Crippen molar-refractivity contribution in [2.45, 2.75) is 37.1 Å². The van der Waals surface area contributed by atoms with Crippen molar-refractivity contribution >= 4 is 29.3 Å². The first kappa shape index (κ1) is 15.7. The van der Waals surface area contributed by atoms with Gasteiger partial charge in [-0.15, -0.1) is 0 Å². The largest absolute Gasteiger partial charge is 0.331 e. The molecular weight excluding hydrogens is 346 g/mol. The Balaban J connectivity index is 1.63. The number of amides is 1. The number of rotatable bonds is 4. The predicted octanol–water partition coefficient (Wildman–Crippen LogP) is 2.81. The maximum absolute atomic E-state index is 13.0. The van der Waals surface area contributed by atoms with Crippen LogP contribution >= 0.6 is 23.4 Å².